The Hall–Kier alpha value is -8.11. The molecule has 3 amide bonds. The molecular formula is C57H65FN12O3. The maximum atomic E-state index is 12.6. The van der Waals surface area contributed by atoms with Crippen LogP contribution in [0, 0.1) is 33.1 Å². The lowest BCUT2D eigenvalue weighted by Crippen LogP contribution is -2.72. The van der Waals surface area contributed by atoms with E-state index in [4.69, 9.17) is 0 Å². The lowest BCUT2D eigenvalue weighted by molar-refractivity contribution is -0.142. The molecule has 0 radical (unpaired) electrons. The second kappa shape index (κ2) is 23.0. The first-order valence-corrected chi connectivity index (χ1v) is 24.6. The molecule has 9 rings (SSSR count). The van der Waals surface area contributed by atoms with Gasteiger partial charge in [0.05, 0.1) is 0 Å². The topological polar surface area (TPSA) is 172 Å². The summed E-state index contributed by atoms with van der Waals surface area (Å²) >= 11 is 0. The number of rotatable bonds is 16. The molecule has 0 saturated carbocycles. The number of aromatic nitrogens is 3. The fraction of sp³-hybridized carbons (Fsp3) is 0.298. The number of halogens is 1. The van der Waals surface area contributed by atoms with Crippen LogP contribution in [0.25, 0.3) is 0 Å². The van der Waals surface area contributed by atoms with Crippen molar-refractivity contribution in [2.45, 2.75) is 53.4 Å². The molecule has 6 aromatic rings. The number of pyridine rings is 1. The van der Waals surface area contributed by atoms with Crippen LogP contribution in [0.15, 0.2) is 129 Å². The number of carbonyl (C=O) groups excluding carboxylic acids is 3. The average Bonchev–Trinajstić information content (AvgIpc) is 3.35. The lowest BCUT2D eigenvalue weighted by Gasteiger charge is -2.60. The van der Waals surface area contributed by atoms with E-state index in [1.165, 1.54) is 29.0 Å². The Labute approximate surface area is 427 Å². The number of piperidine rings is 1. The summed E-state index contributed by atoms with van der Waals surface area (Å²) in [6.45, 7) is 22.6. The SMILES string of the molecule is C=CC(=O)Nc1cccc(Nc2cc(Nc3ccc(C4CCN(CCF)CC4)cc3C)ncc2C)c1.C=CC(=O)Nc1cccc(Nc2nc(Nc3ccc(N4CC5(CN(C(C)=O)C5)C4)cc3C)ncc2C)c1. The van der Waals surface area contributed by atoms with Gasteiger partial charge in [0.2, 0.25) is 23.7 Å². The molecule has 4 aromatic carbocycles. The summed E-state index contributed by atoms with van der Waals surface area (Å²) in [5, 5.41) is 19.1. The Balaban J connectivity index is 0.000000195. The summed E-state index contributed by atoms with van der Waals surface area (Å²) in [5.74, 6) is 2.08. The number of nitrogens with zero attached hydrogens (tertiary/aromatic N) is 6. The van der Waals surface area contributed by atoms with Crippen molar-refractivity contribution in [1.82, 2.24) is 24.8 Å². The number of likely N-dealkylation sites (tertiary alicyclic amines) is 2. The number of hydrogen-bond donors (Lipinski definition) is 6. The summed E-state index contributed by atoms with van der Waals surface area (Å²) in [4.78, 5) is 54.9. The highest BCUT2D eigenvalue weighted by Gasteiger charge is 2.52. The van der Waals surface area contributed by atoms with E-state index < -0.39 is 0 Å². The van der Waals surface area contributed by atoms with Gasteiger partial charge in [-0.25, -0.2) is 14.4 Å². The molecule has 3 saturated heterocycles. The first-order valence-electron chi connectivity index (χ1n) is 24.6. The molecule has 15 nitrogen and oxygen atoms in total. The molecule has 1 spiro atoms. The van der Waals surface area contributed by atoms with Crippen LogP contribution in [-0.2, 0) is 14.4 Å². The summed E-state index contributed by atoms with van der Waals surface area (Å²) in [5.41, 5.74) is 12.9. The van der Waals surface area contributed by atoms with Gasteiger partial charge >= 0.3 is 0 Å². The molecule has 0 bridgehead atoms. The summed E-state index contributed by atoms with van der Waals surface area (Å²) < 4.78 is 12.6. The van der Waals surface area contributed by atoms with E-state index in [-0.39, 0.29) is 29.8 Å². The van der Waals surface area contributed by atoms with Crippen LogP contribution < -0.4 is 36.8 Å². The van der Waals surface area contributed by atoms with Crippen LogP contribution in [0.1, 0.15) is 53.5 Å². The van der Waals surface area contributed by atoms with Crippen molar-refractivity contribution in [2.24, 2.45) is 5.41 Å². The minimum atomic E-state index is -0.269. The fourth-order valence-electron chi connectivity index (χ4n) is 9.45. The summed E-state index contributed by atoms with van der Waals surface area (Å²) in [7, 11) is 0. The first kappa shape index (κ1) is 51.3. The maximum absolute atomic E-state index is 12.6. The van der Waals surface area contributed by atoms with E-state index in [0.29, 0.717) is 35.6 Å². The molecule has 378 valence electrons. The summed E-state index contributed by atoms with van der Waals surface area (Å²) in [6, 6.07) is 29.8. The Morgan fingerprint density at radius 1 is 0.671 bits per heavy atom. The predicted octanol–water partition coefficient (Wildman–Crippen LogP) is 10.8. The van der Waals surface area contributed by atoms with E-state index in [2.05, 4.69) is 120 Å². The van der Waals surface area contributed by atoms with Gasteiger partial charge in [-0.05, 0) is 155 Å². The third-order valence-electron chi connectivity index (χ3n) is 13.6. The van der Waals surface area contributed by atoms with E-state index in [1.807, 2.05) is 79.5 Å². The second-order valence-corrected chi connectivity index (χ2v) is 19.3. The molecule has 3 aliphatic rings. The van der Waals surface area contributed by atoms with Gasteiger partial charge < -0.3 is 46.6 Å². The van der Waals surface area contributed by atoms with Gasteiger partial charge in [-0.15, -0.1) is 0 Å². The van der Waals surface area contributed by atoms with Crippen molar-refractivity contribution in [3.63, 3.8) is 0 Å². The largest absolute Gasteiger partial charge is 0.370 e. The highest BCUT2D eigenvalue weighted by Crippen LogP contribution is 2.42. The maximum Gasteiger partial charge on any atom is 0.247 e. The molecule has 0 unspecified atom stereocenters. The van der Waals surface area contributed by atoms with Crippen LogP contribution in [-0.4, -0.2) is 95.0 Å². The highest BCUT2D eigenvalue weighted by atomic mass is 19.1. The van der Waals surface area contributed by atoms with Gasteiger partial charge in [0.15, 0.2) is 0 Å². The van der Waals surface area contributed by atoms with E-state index in [9.17, 15) is 18.8 Å². The minimum absolute atomic E-state index is 0.164. The van der Waals surface area contributed by atoms with Crippen LogP contribution >= 0.6 is 0 Å². The molecular weight excluding hydrogens is 920 g/mol. The number of anilines is 11. The number of benzene rings is 4. The quantitative estimate of drug-likeness (QED) is 0.0508. The number of amides is 3. The zero-order valence-electron chi connectivity index (χ0n) is 42.3. The molecule has 16 heteroatoms. The van der Waals surface area contributed by atoms with E-state index in [1.54, 1.807) is 13.1 Å². The zero-order chi connectivity index (χ0) is 51.6. The van der Waals surface area contributed by atoms with E-state index >= 15 is 0 Å². The number of alkyl halides is 1. The highest BCUT2D eigenvalue weighted by molar-refractivity contribution is 5.99. The first-order chi connectivity index (χ1) is 35.2. The Morgan fingerprint density at radius 3 is 1.89 bits per heavy atom. The van der Waals surface area contributed by atoms with Crippen molar-refractivity contribution in [3.05, 3.63) is 157 Å². The lowest BCUT2D eigenvalue weighted by atomic mass is 9.72. The average molecular weight is 985 g/mol. The van der Waals surface area contributed by atoms with Gasteiger partial charge in [-0.1, -0.05) is 37.4 Å². The van der Waals surface area contributed by atoms with Gasteiger partial charge in [0, 0.05) is 115 Å². The molecule has 3 aliphatic heterocycles. The third-order valence-corrected chi connectivity index (χ3v) is 13.6. The number of aryl methyl sites for hydroxylation is 4. The normalized spacial score (nSPS) is 14.9. The number of nitrogens with one attached hydrogen (secondary N) is 6. The Morgan fingerprint density at radius 2 is 1.27 bits per heavy atom. The number of hydrogen-bond acceptors (Lipinski definition) is 12. The van der Waals surface area contributed by atoms with Crippen LogP contribution in [0.4, 0.5) is 67.5 Å². The summed E-state index contributed by atoms with van der Waals surface area (Å²) in [6.07, 6.45) is 8.23. The van der Waals surface area contributed by atoms with Crippen molar-refractivity contribution in [1.29, 1.82) is 0 Å². The number of carbonyl (C=O) groups is 3. The molecule has 2 aromatic heterocycles. The molecule has 0 aliphatic carbocycles. The molecule has 0 atom stereocenters. The van der Waals surface area contributed by atoms with Gasteiger partial charge in [-0.2, -0.15) is 4.98 Å². The van der Waals surface area contributed by atoms with Gasteiger partial charge in [0.1, 0.15) is 18.3 Å². The van der Waals surface area contributed by atoms with Crippen molar-refractivity contribution in [3.8, 4) is 0 Å². The third kappa shape index (κ3) is 13.1. The van der Waals surface area contributed by atoms with Crippen molar-refractivity contribution >= 4 is 80.8 Å². The Bertz CT molecular complexity index is 2990. The van der Waals surface area contributed by atoms with Gasteiger partial charge in [-0.3, -0.25) is 14.4 Å². The van der Waals surface area contributed by atoms with Crippen molar-refractivity contribution < 1.29 is 18.8 Å². The fourth-order valence-corrected chi connectivity index (χ4v) is 9.45. The zero-order valence-corrected chi connectivity index (χ0v) is 42.3. The monoisotopic (exact) mass is 985 g/mol. The Kier molecular flexibility index (Phi) is 16.1. The minimum Gasteiger partial charge on any atom is -0.370 e. The van der Waals surface area contributed by atoms with E-state index in [0.717, 1.165) is 103 Å². The van der Waals surface area contributed by atoms with Crippen molar-refractivity contribution in [2.75, 3.05) is 89.3 Å². The molecule has 5 heterocycles. The second-order valence-electron chi connectivity index (χ2n) is 19.3. The van der Waals surface area contributed by atoms with Crippen LogP contribution in [0.5, 0.6) is 0 Å². The van der Waals surface area contributed by atoms with Crippen LogP contribution in [0.3, 0.4) is 0 Å². The molecule has 73 heavy (non-hydrogen) atoms. The smallest absolute Gasteiger partial charge is 0.247 e. The predicted molar refractivity (Wildman–Crippen MR) is 293 cm³/mol. The standard InChI is InChI=1S/C29H34FN5O.C28H31N7O2/c1-4-29(36)33-25-7-5-6-24(17-25)32-27-18-28(31-19-21(27)3)34-26-9-8-23(16-20(26)2)22-10-13-35(14-11-22)15-12-30;1-5-25(37)30-21-7-6-8-22(12-21)31-26-19(3)13-29-27(33-26)32-24-10-9-23(11-18(24)2)35-16-28(17-35)14-34(15-28)20(4)36/h4-9,16-19,22H,1,10-15H2,2-3H3,(H,33,36)(H2,31,32,34);5-13H,1,14-17H2,2-4H3,(H,30,37)(H2,29,31,32,33). The molecule has 6 N–H and O–H groups in total. The van der Waals surface area contributed by atoms with Gasteiger partial charge in [0.25, 0.3) is 0 Å². The van der Waals surface area contributed by atoms with Crippen LogP contribution in [0.2, 0.25) is 0 Å². The molecule has 3 fully saturated rings.